The lowest BCUT2D eigenvalue weighted by Crippen LogP contribution is -2.66. The molecule has 2 fully saturated rings. The number of ether oxygens (including phenoxy) is 3. The summed E-state index contributed by atoms with van der Waals surface area (Å²) in [5, 5.41) is 26.1. The van der Waals surface area contributed by atoms with Gasteiger partial charge < -0.3 is 24.4 Å². The van der Waals surface area contributed by atoms with Crippen LogP contribution in [0, 0.1) is 29.1 Å². The van der Waals surface area contributed by atoms with E-state index < -0.39 is 75.3 Å². The third-order valence-electron chi connectivity index (χ3n) is 13.2. The van der Waals surface area contributed by atoms with Crippen LogP contribution in [-0.2, 0) is 34.2 Å². The van der Waals surface area contributed by atoms with Crippen molar-refractivity contribution in [3.63, 3.8) is 0 Å². The molecular formula is C47H54O8. The van der Waals surface area contributed by atoms with E-state index in [9.17, 15) is 24.6 Å². The van der Waals surface area contributed by atoms with Crippen LogP contribution < -0.4 is 0 Å². The molecule has 7 rings (SSSR count). The summed E-state index contributed by atoms with van der Waals surface area (Å²) in [5.41, 5.74) is -3.13. The fourth-order valence-electron chi connectivity index (χ4n) is 10.6. The normalized spacial score (nSPS) is 31.9. The molecule has 3 aromatic rings. The van der Waals surface area contributed by atoms with Crippen molar-refractivity contribution in [3.8, 4) is 0 Å². The highest BCUT2D eigenvalue weighted by Gasteiger charge is 2.88. The molecule has 0 heterocycles. The molecule has 0 amide bonds. The second kappa shape index (κ2) is 14.3. The summed E-state index contributed by atoms with van der Waals surface area (Å²) in [7, 11) is 0. The van der Waals surface area contributed by atoms with Crippen molar-refractivity contribution in [2.75, 3.05) is 6.61 Å². The van der Waals surface area contributed by atoms with Gasteiger partial charge in [0.05, 0.1) is 12.2 Å². The molecule has 8 atom stereocenters. The standard InChI is InChI=1S/C47H54O8/c1-7-18-38(48)54-42-31(4)45(52)36(40-43(5,6)47(40,42)55-39(49)19-8-2)27-32(28-44(51)37(45)26-30(3)41(44)50)29-53-46(33-20-12-9-13-21-33,34-22-14-10-15-23-34)35-24-16-11-17-25-35/h9-17,20-27,31,36-37,40,42,51-52H,7-8,18-19,28-29H2,1-6H3/t31-,36+,37-,40-,42-,44-,45-,47-/m1/s1. The smallest absolute Gasteiger partial charge is 0.306 e. The molecule has 3 aromatic carbocycles. The van der Waals surface area contributed by atoms with Crippen molar-refractivity contribution in [3.05, 3.63) is 131 Å². The maximum Gasteiger partial charge on any atom is 0.306 e. The van der Waals surface area contributed by atoms with Gasteiger partial charge in [0, 0.05) is 48.3 Å². The second-order valence-electron chi connectivity index (χ2n) is 16.7. The number of hydrogen-bond donors (Lipinski definition) is 2. The van der Waals surface area contributed by atoms with E-state index in [0.717, 1.165) is 16.7 Å². The van der Waals surface area contributed by atoms with E-state index in [1.54, 1.807) is 19.9 Å². The number of rotatable bonds is 12. The lowest BCUT2D eigenvalue weighted by molar-refractivity contribution is -0.229. The molecule has 8 heteroatoms. The van der Waals surface area contributed by atoms with Crippen molar-refractivity contribution < 1.29 is 38.8 Å². The van der Waals surface area contributed by atoms with Gasteiger partial charge in [0.25, 0.3) is 0 Å². The molecule has 2 N–H and O–H groups in total. The van der Waals surface area contributed by atoms with E-state index in [-0.39, 0.29) is 25.9 Å². The summed E-state index contributed by atoms with van der Waals surface area (Å²) in [6.07, 6.45) is 4.06. The molecule has 0 spiro atoms. The first-order valence-corrected chi connectivity index (χ1v) is 19.8. The summed E-state index contributed by atoms with van der Waals surface area (Å²) in [6, 6.07) is 30.0. The number of aliphatic hydroxyl groups is 2. The largest absolute Gasteiger partial charge is 0.458 e. The Hall–Kier alpha value is -4.37. The first-order valence-electron chi connectivity index (χ1n) is 19.8. The SMILES string of the molecule is CCCC(=O)O[C@@H]1[C@@H](C)[C@@]2(O)[C@@H](C=C(COC(c3ccccc3)(c3ccccc3)c3ccccc3)C[C@]3(O)C(=O)C(C)=C[C@@H]23)[C@@H]2C(C)(C)[C@]12OC(=O)CCC. The van der Waals surface area contributed by atoms with E-state index in [0.29, 0.717) is 24.0 Å². The van der Waals surface area contributed by atoms with E-state index >= 15 is 0 Å². The molecule has 4 aliphatic rings. The van der Waals surface area contributed by atoms with Crippen LogP contribution in [0.1, 0.15) is 90.3 Å². The number of esters is 2. The number of carbonyl (C=O) groups excluding carboxylic acids is 3. The quantitative estimate of drug-likeness (QED) is 0.110. The zero-order valence-electron chi connectivity index (χ0n) is 32.8. The van der Waals surface area contributed by atoms with Crippen molar-refractivity contribution >= 4 is 17.7 Å². The Bertz CT molecular complexity index is 1890. The molecule has 8 nitrogen and oxygen atoms in total. The highest BCUT2D eigenvalue weighted by molar-refractivity contribution is 6.04. The van der Waals surface area contributed by atoms with Gasteiger partial charge in [-0.05, 0) is 47.6 Å². The Morgan fingerprint density at radius 1 is 0.800 bits per heavy atom. The Labute approximate surface area is 324 Å². The third-order valence-corrected chi connectivity index (χ3v) is 13.2. The van der Waals surface area contributed by atoms with Crippen molar-refractivity contribution in [1.82, 2.24) is 0 Å². The predicted octanol–water partition coefficient (Wildman–Crippen LogP) is 7.65. The first-order chi connectivity index (χ1) is 26.2. The average molecular weight is 747 g/mol. The number of carbonyl (C=O) groups is 3. The summed E-state index contributed by atoms with van der Waals surface area (Å²) < 4.78 is 20.0. The summed E-state index contributed by atoms with van der Waals surface area (Å²) >= 11 is 0. The summed E-state index contributed by atoms with van der Waals surface area (Å²) in [6.45, 7) is 11.2. The van der Waals surface area contributed by atoms with E-state index in [1.165, 1.54) is 0 Å². The Balaban J connectivity index is 1.40. The Morgan fingerprint density at radius 2 is 1.31 bits per heavy atom. The fourth-order valence-corrected chi connectivity index (χ4v) is 10.6. The number of fused-ring (bicyclic) bond motifs is 5. The topological polar surface area (TPSA) is 119 Å². The van der Waals surface area contributed by atoms with E-state index in [4.69, 9.17) is 14.2 Å². The van der Waals surface area contributed by atoms with Crippen molar-refractivity contribution in [2.45, 2.75) is 102 Å². The van der Waals surface area contributed by atoms with Crippen LogP contribution in [0.5, 0.6) is 0 Å². The highest BCUT2D eigenvalue weighted by atomic mass is 16.6. The lowest BCUT2D eigenvalue weighted by Gasteiger charge is -2.53. The molecule has 0 bridgehead atoms. The van der Waals surface area contributed by atoms with Gasteiger partial charge in [-0.2, -0.15) is 0 Å². The van der Waals surface area contributed by atoms with Crippen molar-refractivity contribution in [1.29, 1.82) is 0 Å². The zero-order valence-corrected chi connectivity index (χ0v) is 32.8. The van der Waals surface area contributed by atoms with E-state index in [1.807, 2.05) is 125 Å². The number of hydrogen-bond acceptors (Lipinski definition) is 8. The molecule has 0 aromatic heterocycles. The first kappa shape index (κ1) is 38.9. The molecule has 0 radical (unpaired) electrons. The third kappa shape index (κ3) is 5.86. The second-order valence-corrected chi connectivity index (χ2v) is 16.7. The van der Waals surface area contributed by atoms with Gasteiger partial charge in [-0.15, -0.1) is 0 Å². The molecule has 4 aliphatic carbocycles. The minimum Gasteiger partial charge on any atom is -0.458 e. The van der Waals surface area contributed by atoms with Gasteiger partial charge in [-0.1, -0.05) is 138 Å². The molecule has 2 saturated carbocycles. The molecule has 0 aliphatic heterocycles. The Morgan fingerprint density at radius 3 is 1.82 bits per heavy atom. The van der Waals surface area contributed by atoms with Crippen LogP contribution in [0.15, 0.2) is 114 Å². The lowest BCUT2D eigenvalue weighted by atomic mass is 9.59. The van der Waals surface area contributed by atoms with Crippen LogP contribution in [-0.4, -0.2) is 57.4 Å². The summed E-state index contributed by atoms with van der Waals surface area (Å²) in [5.74, 6) is -4.38. The monoisotopic (exact) mass is 746 g/mol. The van der Waals surface area contributed by atoms with Crippen LogP contribution in [0.4, 0.5) is 0 Å². The van der Waals surface area contributed by atoms with Gasteiger partial charge >= 0.3 is 11.9 Å². The number of ketones is 1. The van der Waals surface area contributed by atoms with Crippen molar-refractivity contribution in [2.24, 2.45) is 29.1 Å². The van der Waals surface area contributed by atoms with E-state index in [2.05, 4.69) is 0 Å². The number of Topliss-reactive ketones (excluding diaryl/α,β-unsaturated/α-hetero) is 1. The van der Waals surface area contributed by atoms with Gasteiger partial charge in [-0.25, -0.2) is 0 Å². The predicted molar refractivity (Wildman–Crippen MR) is 208 cm³/mol. The molecule has 0 unspecified atom stereocenters. The van der Waals surface area contributed by atoms with Crippen LogP contribution in [0.2, 0.25) is 0 Å². The zero-order chi connectivity index (χ0) is 39.4. The minimum absolute atomic E-state index is 0.00564. The van der Waals surface area contributed by atoms with Crippen LogP contribution >= 0.6 is 0 Å². The molecule has 290 valence electrons. The maximum absolute atomic E-state index is 14.1. The van der Waals surface area contributed by atoms with Crippen LogP contribution in [0.3, 0.4) is 0 Å². The molecular weight excluding hydrogens is 693 g/mol. The van der Waals surface area contributed by atoms with Gasteiger partial charge in [0.2, 0.25) is 0 Å². The molecule has 0 saturated heterocycles. The fraction of sp³-hybridized carbons (Fsp3) is 0.468. The Kier molecular flexibility index (Phi) is 10.1. The average Bonchev–Trinajstić information content (AvgIpc) is 3.60. The van der Waals surface area contributed by atoms with Gasteiger partial charge in [0.15, 0.2) is 11.4 Å². The van der Waals surface area contributed by atoms with Gasteiger partial charge in [-0.3, -0.25) is 14.4 Å². The molecule has 55 heavy (non-hydrogen) atoms. The maximum atomic E-state index is 14.1. The van der Waals surface area contributed by atoms with Gasteiger partial charge in [0.1, 0.15) is 17.3 Å². The number of benzene rings is 3. The highest BCUT2D eigenvalue weighted by Crippen LogP contribution is 2.77. The van der Waals surface area contributed by atoms with Crippen LogP contribution in [0.25, 0.3) is 0 Å². The summed E-state index contributed by atoms with van der Waals surface area (Å²) in [4.78, 5) is 40.9. The minimum atomic E-state index is -2.00.